The van der Waals surface area contributed by atoms with E-state index in [9.17, 15) is 0 Å². The molecule has 0 aliphatic carbocycles. The van der Waals surface area contributed by atoms with Crippen LogP contribution in [0.3, 0.4) is 0 Å². The molecule has 0 amide bonds. The molecule has 0 aromatic heterocycles. The van der Waals surface area contributed by atoms with Gasteiger partial charge in [-0.15, -0.1) is 0 Å². The van der Waals surface area contributed by atoms with Crippen molar-refractivity contribution in [3.63, 3.8) is 0 Å². The molecule has 0 aromatic rings. The van der Waals surface area contributed by atoms with Gasteiger partial charge in [0.1, 0.15) is 0 Å². The van der Waals surface area contributed by atoms with Crippen LogP contribution < -0.4 is 5.32 Å². The van der Waals surface area contributed by atoms with Crippen molar-refractivity contribution < 1.29 is 0 Å². The lowest BCUT2D eigenvalue weighted by atomic mass is 9.87. The minimum atomic E-state index is 0.353. The lowest BCUT2D eigenvalue weighted by molar-refractivity contribution is 0.276. The fourth-order valence-electron chi connectivity index (χ4n) is 1.51. The summed E-state index contributed by atoms with van der Waals surface area (Å²) in [7, 11) is 0. The van der Waals surface area contributed by atoms with Crippen LogP contribution >= 0.6 is 11.8 Å². The first-order chi connectivity index (χ1) is 6.81. The van der Waals surface area contributed by atoms with Crippen molar-refractivity contribution in [3.05, 3.63) is 0 Å². The molecule has 1 nitrogen and oxygen atoms in total. The highest BCUT2D eigenvalue weighted by Gasteiger charge is 2.27. The summed E-state index contributed by atoms with van der Waals surface area (Å²) >= 11 is 2.01. The Morgan fingerprint density at radius 3 is 1.87 bits per heavy atom. The predicted molar refractivity (Wildman–Crippen MR) is 73.7 cm³/mol. The second kappa shape index (κ2) is 6.15. The van der Waals surface area contributed by atoms with E-state index in [-0.39, 0.29) is 0 Å². The summed E-state index contributed by atoms with van der Waals surface area (Å²) in [5.41, 5.74) is 0.353. The third-order valence-electron chi connectivity index (χ3n) is 3.75. The molecule has 0 radical (unpaired) electrons. The highest BCUT2D eigenvalue weighted by molar-refractivity contribution is 8.00. The molecule has 15 heavy (non-hydrogen) atoms. The van der Waals surface area contributed by atoms with E-state index in [1.54, 1.807) is 0 Å². The molecular weight excluding hydrogens is 202 g/mol. The molecule has 0 aromatic carbocycles. The minimum absolute atomic E-state index is 0.353. The lowest BCUT2D eigenvalue weighted by Crippen LogP contribution is -2.45. The van der Waals surface area contributed by atoms with Gasteiger partial charge in [-0.3, -0.25) is 0 Å². The molecule has 92 valence electrons. The first-order valence-corrected chi connectivity index (χ1v) is 7.32. The van der Waals surface area contributed by atoms with Gasteiger partial charge in [0.25, 0.3) is 0 Å². The molecule has 0 saturated heterocycles. The number of thioether (sulfide) groups is 1. The van der Waals surface area contributed by atoms with Crippen LogP contribution in [0.25, 0.3) is 0 Å². The molecule has 0 saturated carbocycles. The van der Waals surface area contributed by atoms with E-state index in [2.05, 4.69) is 53.1 Å². The molecule has 0 rings (SSSR count). The average molecular weight is 231 g/mol. The van der Waals surface area contributed by atoms with E-state index >= 15 is 0 Å². The highest BCUT2D eigenvalue weighted by atomic mass is 32.2. The Kier molecular flexibility index (Phi) is 6.27. The number of nitrogens with one attached hydrogen (secondary N) is 1. The van der Waals surface area contributed by atoms with Crippen LogP contribution in [0.15, 0.2) is 0 Å². The van der Waals surface area contributed by atoms with Gasteiger partial charge in [0.15, 0.2) is 0 Å². The standard InChI is InChI=1S/C13H29NS/c1-8-13(9-2,15-7)10-14-11(3)12(4,5)6/h11,14H,8-10H2,1-7H3. The van der Waals surface area contributed by atoms with E-state index in [1.165, 1.54) is 12.8 Å². The Morgan fingerprint density at radius 2 is 1.60 bits per heavy atom. The van der Waals surface area contributed by atoms with E-state index in [0.717, 1.165) is 6.54 Å². The molecular formula is C13H29NS. The fourth-order valence-corrected chi connectivity index (χ4v) is 2.31. The molecule has 0 spiro atoms. The summed E-state index contributed by atoms with van der Waals surface area (Å²) in [5.74, 6) is 0. The van der Waals surface area contributed by atoms with Crippen LogP contribution in [0.1, 0.15) is 54.4 Å². The van der Waals surface area contributed by atoms with Crippen LogP contribution in [0.5, 0.6) is 0 Å². The summed E-state index contributed by atoms with van der Waals surface area (Å²) < 4.78 is 0.430. The summed E-state index contributed by atoms with van der Waals surface area (Å²) in [5, 5.41) is 3.70. The largest absolute Gasteiger partial charge is 0.312 e. The van der Waals surface area contributed by atoms with Crippen molar-refractivity contribution in [3.8, 4) is 0 Å². The van der Waals surface area contributed by atoms with Crippen LogP contribution in [0, 0.1) is 5.41 Å². The molecule has 2 heteroatoms. The maximum Gasteiger partial charge on any atom is 0.0276 e. The van der Waals surface area contributed by atoms with E-state index in [1.807, 2.05) is 11.8 Å². The second-order valence-electron chi connectivity index (χ2n) is 5.56. The van der Waals surface area contributed by atoms with Gasteiger partial charge in [-0.1, -0.05) is 34.6 Å². The molecule has 1 atom stereocenters. The summed E-state index contributed by atoms with van der Waals surface area (Å²) in [6.45, 7) is 14.9. The molecule has 0 aliphatic rings. The minimum Gasteiger partial charge on any atom is -0.312 e. The van der Waals surface area contributed by atoms with E-state index in [0.29, 0.717) is 16.2 Å². The van der Waals surface area contributed by atoms with Crippen LogP contribution in [0.2, 0.25) is 0 Å². The van der Waals surface area contributed by atoms with Gasteiger partial charge in [0.2, 0.25) is 0 Å². The number of rotatable bonds is 6. The van der Waals surface area contributed by atoms with Crippen molar-refractivity contribution in [2.45, 2.75) is 65.2 Å². The van der Waals surface area contributed by atoms with Crippen molar-refractivity contribution in [2.24, 2.45) is 5.41 Å². The monoisotopic (exact) mass is 231 g/mol. The zero-order valence-corrected chi connectivity index (χ0v) is 12.4. The van der Waals surface area contributed by atoms with Gasteiger partial charge >= 0.3 is 0 Å². The second-order valence-corrected chi connectivity index (χ2v) is 6.84. The zero-order chi connectivity index (χ0) is 12.1. The third kappa shape index (κ3) is 4.78. The quantitative estimate of drug-likeness (QED) is 0.743. The van der Waals surface area contributed by atoms with E-state index < -0.39 is 0 Å². The van der Waals surface area contributed by atoms with Gasteiger partial charge in [0, 0.05) is 17.3 Å². The Labute approximate surface area is 101 Å². The van der Waals surface area contributed by atoms with Crippen molar-refractivity contribution >= 4 is 11.8 Å². The molecule has 1 N–H and O–H groups in total. The van der Waals surface area contributed by atoms with Crippen molar-refractivity contribution in [1.29, 1.82) is 0 Å². The summed E-state index contributed by atoms with van der Waals surface area (Å²) in [6, 6.07) is 0.571. The maximum atomic E-state index is 3.70. The van der Waals surface area contributed by atoms with Gasteiger partial charge in [-0.2, -0.15) is 11.8 Å². The first kappa shape index (κ1) is 15.3. The maximum absolute atomic E-state index is 3.70. The predicted octanol–water partition coefficient (Wildman–Crippen LogP) is 3.93. The number of hydrogen-bond donors (Lipinski definition) is 1. The van der Waals surface area contributed by atoms with Gasteiger partial charge in [-0.05, 0) is 31.4 Å². The molecule has 0 aliphatic heterocycles. The summed E-state index contributed by atoms with van der Waals surface area (Å²) in [6.07, 6.45) is 4.72. The van der Waals surface area contributed by atoms with Gasteiger partial charge in [0.05, 0.1) is 0 Å². The molecule has 1 unspecified atom stereocenters. The zero-order valence-electron chi connectivity index (χ0n) is 11.6. The smallest absolute Gasteiger partial charge is 0.0276 e. The molecule has 0 fully saturated rings. The Hall–Kier alpha value is 0.310. The van der Waals surface area contributed by atoms with Gasteiger partial charge < -0.3 is 5.32 Å². The van der Waals surface area contributed by atoms with Crippen LogP contribution in [-0.4, -0.2) is 23.6 Å². The van der Waals surface area contributed by atoms with Crippen LogP contribution in [0.4, 0.5) is 0 Å². The third-order valence-corrected chi connectivity index (χ3v) is 5.34. The SMILES string of the molecule is CCC(CC)(CNC(C)C(C)(C)C)SC. The Bertz CT molecular complexity index is 160. The number of hydrogen-bond acceptors (Lipinski definition) is 2. The van der Waals surface area contributed by atoms with E-state index in [4.69, 9.17) is 0 Å². The Morgan fingerprint density at radius 1 is 1.13 bits per heavy atom. The highest BCUT2D eigenvalue weighted by Crippen LogP contribution is 2.30. The average Bonchev–Trinajstić information content (AvgIpc) is 2.19. The van der Waals surface area contributed by atoms with Gasteiger partial charge in [-0.25, -0.2) is 0 Å². The lowest BCUT2D eigenvalue weighted by Gasteiger charge is -2.35. The van der Waals surface area contributed by atoms with Crippen molar-refractivity contribution in [1.82, 2.24) is 5.32 Å². The summed E-state index contributed by atoms with van der Waals surface area (Å²) in [4.78, 5) is 0. The molecule has 0 bridgehead atoms. The van der Waals surface area contributed by atoms with Crippen molar-refractivity contribution in [2.75, 3.05) is 12.8 Å². The topological polar surface area (TPSA) is 12.0 Å². The van der Waals surface area contributed by atoms with Crippen LogP contribution in [-0.2, 0) is 0 Å². The molecule has 0 heterocycles. The Balaban J connectivity index is 4.23. The fraction of sp³-hybridized carbons (Fsp3) is 1.00. The first-order valence-electron chi connectivity index (χ1n) is 6.10. The normalized spacial score (nSPS) is 15.4.